The lowest BCUT2D eigenvalue weighted by atomic mass is 10.0. The van der Waals surface area contributed by atoms with Crippen molar-refractivity contribution in [1.29, 1.82) is 0 Å². The molecule has 6 nitrogen and oxygen atoms in total. The second-order valence-corrected chi connectivity index (χ2v) is 7.32. The van der Waals surface area contributed by atoms with Crippen molar-refractivity contribution in [2.45, 2.75) is 32.1 Å². The molecule has 0 N–H and O–H groups in total. The lowest BCUT2D eigenvalue weighted by molar-refractivity contribution is 0.0358. The molecule has 0 spiro atoms. The van der Waals surface area contributed by atoms with Crippen LogP contribution in [0, 0.1) is 0 Å². The normalized spacial score (nSPS) is 21.3. The third-order valence-electron chi connectivity index (χ3n) is 5.53. The molecule has 6 heteroatoms. The van der Waals surface area contributed by atoms with Gasteiger partial charge in [-0.2, -0.15) is 0 Å². The summed E-state index contributed by atoms with van der Waals surface area (Å²) in [6.45, 7) is 8.47. The van der Waals surface area contributed by atoms with Crippen molar-refractivity contribution in [3.63, 3.8) is 0 Å². The molecule has 2 aliphatic heterocycles. The highest BCUT2D eigenvalue weighted by Gasteiger charge is 2.33. The fourth-order valence-corrected chi connectivity index (χ4v) is 4.01. The number of imidazole rings is 1. The van der Waals surface area contributed by atoms with Gasteiger partial charge in [-0.3, -0.25) is 4.90 Å². The molecule has 1 aromatic carbocycles. The number of hydrogen-bond donors (Lipinski definition) is 0. The topological polar surface area (TPSA) is 50.6 Å². The molecule has 1 atom stereocenters. The molecule has 0 aliphatic carbocycles. The Morgan fingerprint density at radius 2 is 2.00 bits per heavy atom. The van der Waals surface area contributed by atoms with E-state index < -0.39 is 0 Å². The number of unbranched alkanes of at least 4 members (excludes halogenated alkanes) is 1. The number of benzene rings is 1. The number of amides is 1. The van der Waals surface area contributed by atoms with Crippen molar-refractivity contribution in [3.05, 3.63) is 30.1 Å². The Morgan fingerprint density at radius 1 is 1.19 bits per heavy atom. The Balaban J connectivity index is 1.60. The first-order valence-corrected chi connectivity index (χ1v) is 9.84. The summed E-state index contributed by atoms with van der Waals surface area (Å²) in [6.07, 6.45) is 3.17. The van der Waals surface area contributed by atoms with Crippen molar-refractivity contribution in [1.82, 2.24) is 19.4 Å². The zero-order valence-corrected chi connectivity index (χ0v) is 15.6. The van der Waals surface area contributed by atoms with Crippen molar-refractivity contribution in [2.24, 2.45) is 0 Å². The highest BCUT2D eigenvalue weighted by Crippen LogP contribution is 2.30. The van der Waals surface area contributed by atoms with Gasteiger partial charge in [0.25, 0.3) is 0 Å². The van der Waals surface area contributed by atoms with Gasteiger partial charge in [0.2, 0.25) is 0 Å². The highest BCUT2D eigenvalue weighted by molar-refractivity contribution is 5.91. The molecule has 1 amide bonds. The van der Waals surface area contributed by atoms with E-state index in [0.29, 0.717) is 5.92 Å². The number of carbonyl (C=O) groups excluding carboxylic acids is 1. The van der Waals surface area contributed by atoms with E-state index in [1.807, 2.05) is 33.7 Å². The second-order valence-electron chi connectivity index (χ2n) is 7.32. The summed E-state index contributed by atoms with van der Waals surface area (Å²) < 4.78 is 7.31. The molecule has 0 radical (unpaired) electrons. The van der Waals surface area contributed by atoms with Crippen LogP contribution in [0.4, 0.5) is 4.79 Å². The van der Waals surface area contributed by atoms with Crippen LogP contribution in [0.1, 0.15) is 37.9 Å². The molecule has 26 heavy (non-hydrogen) atoms. The molecule has 1 aromatic heterocycles. The monoisotopic (exact) mass is 356 g/mol. The average Bonchev–Trinajstić information content (AvgIpc) is 3.07. The van der Waals surface area contributed by atoms with E-state index in [1.165, 1.54) is 0 Å². The van der Waals surface area contributed by atoms with Gasteiger partial charge >= 0.3 is 6.03 Å². The maximum atomic E-state index is 13.1. The maximum absolute atomic E-state index is 13.1. The van der Waals surface area contributed by atoms with Gasteiger partial charge in [0, 0.05) is 32.1 Å². The number of nitrogens with zero attached hydrogens (tertiary/aromatic N) is 4. The molecule has 2 aliphatic rings. The minimum atomic E-state index is 0.0878. The first kappa shape index (κ1) is 17.5. The van der Waals surface area contributed by atoms with Gasteiger partial charge in [-0.15, -0.1) is 0 Å². The Hall–Kier alpha value is -1.92. The predicted octanol–water partition coefficient (Wildman–Crippen LogP) is 2.93. The van der Waals surface area contributed by atoms with E-state index >= 15 is 0 Å². The van der Waals surface area contributed by atoms with Crippen LogP contribution in [0.25, 0.3) is 11.0 Å². The van der Waals surface area contributed by atoms with Gasteiger partial charge in [0.05, 0.1) is 24.2 Å². The molecule has 140 valence electrons. The molecule has 2 aromatic rings. The van der Waals surface area contributed by atoms with E-state index in [0.717, 1.165) is 82.1 Å². The summed E-state index contributed by atoms with van der Waals surface area (Å²) in [5.41, 5.74) is 1.86. The van der Waals surface area contributed by atoms with Gasteiger partial charge in [0.1, 0.15) is 5.82 Å². The van der Waals surface area contributed by atoms with Gasteiger partial charge in [0.15, 0.2) is 0 Å². The van der Waals surface area contributed by atoms with Gasteiger partial charge in [-0.05, 0) is 31.5 Å². The van der Waals surface area contributed by atoms with Crippen LogP contribution in [0.5, 0.6) is 0 Å². The number of ether oxygens (including phenoxy) is 1. The number of rotatable bonds is 6. The summed E-state index contributed by atoms with van der Waals surface area (Å²) in [7, 11) is 0. The number of aromatic nitrogens is 2. The summed E-state index contributed by atoms with van der Waals surface area (Å²) in [6, 6.07) is 8.07. The zero-order chi connectivity index (χ0) is 17.9. The van der Waals surface area contributed by atoms with Crippen LogP contribution < -0.4 is 0 Å². The Bertz CT molecular complexity index is 766. The van der Waals surface area contributed by atoms with Gasteiger partial charge in [-0.1, -0.05) is 25.5 Å². The first-order valence-electron chi connectivity index (χ1n) is 9.84. The van der Waals surface area contributed by atoms with Crippen LogP contribution in [0.2, 0.25) is 0 Å². The molecule has 0 bridgehead atoms. The van der Waals surface area contributed by atoms with Crippen LogP contribution in [-0.2, 0) is 4.74 Å². The fraction of sp³-hybridized carbons (Fsp3) is 0.600. The van der Waals surface area contributed by atoms with Crippen LogP contribution in [-0.4, -0.2) is 71.3 Å². The molecular formula is C20H28N4O2. The van der Waals surface area contributed by atoms with Crippen LogP contribution >= 0.6 is 0 Å². The van der Waals surface area contributed by atoms with Crippen molar-refractivity contribution in [2.75, 3.05) is 45.9 Å². The van der Waals surface area contributed by atoms with Crippen molar-refractivity contribution in [3.8, 4) is 0 Å². The smallest absolute Gasteiger partial charge is 0.330 e. The van der Waals surface area contributed by atoms with E-state index in [4.69, 9.17) is 9.72 Å². The van der Waals surface area contributed by atoms with Crippen LogP contribution in [0.3, 0.4) is 0 Å². The summed E-state index contributed by atoms with van der Waals surface area (Å²) in [4.78, 5) is 22.4. The largest absolute Gasteiger partial charge is 0.379 e. The predicted molar refractivity (Wildman–Crippen MR) is 102 cm³/mol. The molecule has 1 fully saturated rings. The number of fused-ring (bicyclic) bond motifs is 3. The summed E-state index contributed by atoms with van der Waals surface area (Å²) in [5.74, 6) is 1.23. The lowest BCUT2D eigenvalue weighted by Crippen LogP contribution is -2.45. The molecule has 3 heterocycles. The third kappa shape index (κ3) is 3.35. The molecule has 1 saturated heterocycles. The Morgan fingerprint density at radius 3 is 2.81 bits per heavy atom. The molecule has 1 unspecified atom stereocenters. The number of morpholine rings is 1. The fourth-order valence-electron chi connectivity index (χ4n) is 4.01. The summed E-state index contributed by atoms with van der Waals surface area (Å²) in [5, 5.41) is 0. The average molecular weight is 356 g/mol. The van der Waals surface area contributed by atoms with Crippen molar-refractivity contribution >= 4 is 17.1 Å². The Kier molecular flexibility index (Phi) is 5.22. The quantitative estimate of drug-likeness (QED) is 0.799. The van der Waals surface area contributed by atoms with E-state index in [1.54, 1.807) is 0 Å². The molecular weight excluding hydrogens is 328 g/mol. The lowest BCUT2D eigenvalue weighted by Gasteiger charge is -2.35. The minimum Gasteiger partial charge on any atom is -0.379 e. The minimum absolute atomic E-state index is 0.0878. The molecule has 4 rings (SSSR count). The summed E-state index contributed by atoms with van der Waals surface area (Å²) >= 11 is 0. The Labute approximate surface area is 154 Å². The zero-order valence-electron chi connectivity index (χ0n) is 15.6. The van der Waals surface area contributed by atoms with E-state index in [-0.39, 0.29) is 6.03 Å². The highest BCUT2D eigenvalue weighted by atomic mass is 16.5. The maximum Gasteiger partial charge on any atom is 0.330 e. The van der Waals surface area contributed by atoms with Crippen molar-refractivity contribution < 1.29 is 9.53 Å². The first-order chi connectivity index (χ1) is 12.8. The second kappa shape index (κ2) is 7.76. The standard InChI is InChI=1S/C20H28N4O2/c1-2-3-9-23-15-16(8-10-22-11-13-26-14-12-22)19-21-17-6-4-5-7-18(17)24(19)20(23)25/h4-7,16H,2-3,8-15H2,1H3. The number of para-hydroxylation sites is 2. The number of carbonyl (C=O) groups is 1. The van der Waals surface area contributed by atoms with Gasteiger partial charge in [-0.25, -0.2) is 14.3 Å². The van der Waals surface area contributed by atoms with E-state index in [9.17, 15) is 4.79 Å². The van der Waals surface area contributed by atoms with E-state index in [2.05, 4.69) is 11.8 Å². The van der Waals surface area contributed by atoms with Gasteiger partial charge < -0.3 is 9.64 Å². The number of hydrogen-bond acceptors (Lipinski definition) is 4. The van der Waals surface area contributed by atoms with Crippen LogP contribution in [0.15, 0.2) is 24.3 Å². The third-order valence-corrected chi connectivity index (χ3v) is 5.53. The molecule has 0 saturated carbocycles. The SMILES string of the molecule is CCCCN1CC(CCN2CCOCC2)c2nc3ccccc3n2C1=O.